The molecule has 1 aliphatic heterocycles. The first kappa shape index (κ1) is 16.1. The average molecular weight is 329 g/mol. The van der Waals surface area contributed by atoms with E-state index < -0.39 is 0 Å². The Bertz CT molecular complexity index is 539. The van der Waals surface area contributed by atoms with Gasteiger partial charge in [0.25, 0.3) is 0 Å². The lowest BCUT2D eigenvalue weighted by molar-refractivity contribution is -0.299. The maximum Gasteiger partial charge on any atom is 0.350 e. The molecular weight excluding hydrogens is 302 g/mol. The fourth-order valence-electron chi connectivity index (χ4n) is 5.00. The van der Waals surface area contributed by atoms with Crippen molar-refractivity contribution in [2.45, 2.75) is 50.5 Å². The van der Waals surface area contributed by atoms with Gasteiger partial charge in [-0.3, -0.25) is 4.89 Å². The largest absolute Gasteiger partial charge is 0.350 e. The summed E-state index contributed by atoms with van der Waals surface area (Å²) >= 11 is 0. The minimum Gasteiger partial charge on any atom is -0.316 e. The molecule has 0 amide bonds. The third-order valence-electron chi connectivity index (χ3n) is 6.18. The molecule has 0 spiro atoms. The Morgan fingerprint density at radius 2 is 1.67 bits per heavy atom. The smallest absolute Gasteiger partial charge is 0.316 e. The second-order valence-corrected chi connectivity index (χ2v) is 7.63. The van der Waals surface area contributed by atoms with E-state index in [9.17, 15) is 4.79 Å². The minimum absolute atomic E-state index is 0.0927. The number of hydrogen-bond acceptors (Lipinski definition) is 4. The summed E-state index contributed by atoms with van der Waals surface area (Å²) in [5.41, 5.74) is 1.07. The van der Waals surface area contributed by atoms with Crippen LogP contribution in [0.25, 0.3) is 0 Å². The van der Waals surface area contributed by atoms with E-state index in [-0.39, 0.29) is 18.0 Å². The molecule has 1 aromatic rings. The van der Waals surface area contributed by atoms with Crippen molar-refractivity contribution < 1.29 is 14.6 Å². The first-order chi connectivity index (χ1) is 11.8. The fraction of sp³-hybridized carbons (Fsp3) is 0.650. The van der Waals surface area contributed by atoms with Crippen molar-refractivity contribution >= 4 is 5.97 Å². The summed E-state index contributed by atoms with van der Waals surface area (Å²) in [6.45, 7) is 2.03. The predicted octanol–water partition coefficient (Wildman–Crippen LogP) is 3.43. The molecular formula is C20H27NO3. The number of piperidine rings is 1. The van der Waals surface area contributed by atoms with Crippen molar-refractivity contribution in [1.29, 1.82) is 0 Å². The van der Waals surface area contributed by atoms with E-state index in [4.69, 9.17) is 9.78 Å². The molecule has 24 heavy (non-hydrogen) atoms. The molecule has 2 saturated carbocycles. The van der Waals surface area contributed by atoms with Gasteiger partial charge in [-0.1, -0.05) is 43.2 Å². The van der Waals surface area contributed by atoms with Crippen molar-refractivity contribution in [1.82, 2.24) is 5.32 Å². The molecule has 3 fully saturated rings. The van der Waals surface area contributed by atoms with E-state index >= 15 is 0 Å². The number of nitrogens with one attached hydrogen (secondary N) is 1. The lowest BCUT2D eigenvalue weighted by atomic mass is 9.73. The van der Waals surface area contributed by atoms with Gasteiger partial charge in [-0.2, -0.15) is 4.89 Å². The van der Waals surface area contributed by atoms with Crippen molar-refractivity contribution in [2.24, 2.45) is 17.8 Å². The van der Waals surface area contributed by atoms with Gasteiger partial charge in [-0.05, 0) is 62.1 Å². The molecule has 1 N–H and O–H groups in total. The van der Waals surface area contributed by atoms with Gasteiger partial charge < -0.3 is 5.32 Å². The number of hydrogen-bond donors (Lipinski definition) is 1. The van der Waals surface area contributed by atoms with Gasteiger partial charge in [0.1, 0.15) is 6.10 Å². The molecule has 1 aromatic carbocycles. The molecule has 2 bridgehead atoms. The van der Waals surface area contributed by atoms with Crippen LogP contribution in [-0.2, 0) is 14.6 Å². The second-order valence-electron chi connectivity index (χ2n) is 7.63. The lowest BCUT2D eigenvalue weighted by Crippen LogP contribution is -2.43. The monoisotopic (exact) mass is 329 g/mol. The Morgan fingerprint density at radius 3 is 2.33 bits per heavy atom. The molecule has 2 aliphatic carbocycles. The third kappa shape index (κ3) is 3.22. The van der Waals surface area contributed by atoms with Crippen LogP contribution in [0, 0.1) is 17.8 Å². The van der Waals surface area contributed by atoms with Gasteiger partial charge >= 0.3 is 5.97 Å². The number of benzene rings is 1. The average Bonchev–Trinajstić information content (AvgIpc) is 3.20. The first-order valence-corrected chi connectivity index (χ1v) is 9.46. The molecule has 4 rings (SSSR count). The highest BCUT2D eigenvalue weighted by Crippen LogP contribution is 2.47. The third-order valence-corrected chi connectivity index (χ3v) is 6.18. The van der Waals surface area contributed by atoms with Crippen LogP contribution in [0.4, 0.5) is 0 Å². The molecule has 3 unspecified atom stereocenters. The van der Waals surface area contributed by atoms with Gasteiger partial charge in [0.05, 0.1) is 5.92 Å². The highest BCUT2D eigenvalue weighted by atomic mass is 17.2. The van der Waals surface area contributed by atoms with Gasteiger partial charge in [-0.25, -0.2) is 4.79 Å². The van der Waals surface area contributed by atoms with Crippen LogP contribution < -0.4 is 5.32 Å². The zero-order valence-electron chi connectivity index (χ0n) is 14.2. The second kappa shape index (κ2) is 7.24. The molecule has 1 saturated heterocycles. The normalized spacial score (nSPS) is 31.1. The molecule has 0 aromatic heterocycles. The Morgan fingerprint density at radius 1 is 1.00 bits per heavy atom. The molecule has 1 heterocycles. The quantitative estimate of drug-likeness (QED) is 0.664. The SMILES string of the molecule is O=C(OOC1CCCC1)C(c1ccccc1)C1C2CCC1CNC2. The lowest BCUT2D eigenvalue weighted by Gasteiger charge is -2.35. The summed E-state index contributed by atoms with van der Waals surface area (Å²) in [7, 11) is 0. The molecule has 4 heteroatoms. The number of carbonyl (C=O) groups excluding carboxylic acids is 1. The summed E-state index contributed by atoms with van der Waals surface area (Å²) in [5, 5.41) is 3.52. The fourth-order valence-corrected chi connectivity index (χ4v) is 5.00. The molecule has 0 radical (unpaired) electrons. The van der Waals surface area contributed by atoms with Crippen molar-refractivity contribution in [3.63, 3.8) is 0 Å². The van der Waals surface area contributed by atoms with E-state index in [0.717, 1.165) is 31.5 Å². The van der Waals surface area contributed by atoms with Crippen molar-refractivity contribution in [3.8, 4) is 0 Å². The topological polar surface area (TPSA) is 47.6 Å². The molecule has 130 valence electrons. The van der Waals surface area contributed by atoms with Crippen molar-refractivity contribution in [2.75, 3.05) is 13.1 Å². The highest BCUT2D eigenvalue weighted by molar-refractivity contribution is 5.78. The zero-order valence-corrected chi connectivity index (χ0v) is 14.2. The maximum absolute atomic E-state index is 13.0. The standard InChI is InChI=1S/C20H27NO3/c22-20(24-23-17-8-4-5-9-17)19(14-6-2-1-3-7-14)18-15-10-11-16(18)13-21-12-15/h1-3,6-7,15-19,21H,4-5,8-13H2. The Balaban J connectivity index is 1.53. The van der Waals surface area contributed by atoms with E-state index in [0.29, 0.717) is 17.8 Å². The summed E-state index contributed by atoms with van der Waals surface area (Å²) in [5.74, 6) is 1.10. The van der Waals surface area contributed by atoms with Crippen LogP contribution in [0.1, 0.15) is 50.0 Å². The predicted molar refractivity (Wildman–Crippen MR) is 91.2 cm³/mol. The van der Waals surface area contributed by atoms with E-state index in [1.807, 2.05) is 18.2 Å². The van der Waals surface area contributed by atoms with Gasteiger partial charge in [-0.15, -0.1) is 0 Å². The summed E-state index contributed by atoms with van der Waals surface area (Å²) in [4.78, 5) is 23.8. The van der Waals surface area contributed by atoms with E-state index in [1.165, 1.54) is 25.7 Å². The maximum atomic E-state index is 13.0. The molecule has 3 aliphatic rings. The minimum atomic E-state index is -0.202. The van der Waals surface area contributed by atoms with Crippen LogP contribution in [0.3, 0.4) is 0 Å². The summed E-state index contributed by atoms with van der Waals surface area (Å²) in [6.07, 6.45) is 6.86. The van der Waals surface area contributed by atoms with Crippen LogP contribution >= 0.6 is 0 Å². The Kier molecular flexibility index (Phi) is 4.86. The first-order valence-electron chi connectivity index (χ1n) is 9.46. The Hall–Kier alpha value is -1.39. The van der Waals surface area contributed by atoms with Crippen LogP contribution in [0.2, 0.25) is 0 Å². The van der Waals surface area contributed by atoms with E-state index in [2.05, 4.69) is 17.4 Å². The van der Waals surface area contributed by atoms with Crippen LogP contribution in [-0.4, -0.2) is 25.2 Å². The summed E-state index contributed by atoms with van der Waals surface area (Å²) in [6, 6.07) is 10.1. The summed E-state index contributed by atoms with van der Waals surface area (Å²) < 4.78 is 0. The van der Waals surface area contributed by atoms with E-state index in [1.54, 1.807) is 0 Å². The molecule has 4 nitrogen and oxygen atoms in total. The van der Waals surface area contributed by atoms with Crippen molar-refractivity contribution in [3.05, 3.63) is 35.9 Å². The highest BCUT2D eigenvalue weighted by Gasteiger charge is 2.47. The van der Waals surface area contributed by atoms with Crippen LogP contribution in [0.15, 0.2) is 30.3 Å². The number of fused-ring (bicyclic) bond motifs is 2. The zero-order chi connectivity index (χ0) is 16.4. The van der Waals surface area contributed by atoms with Crippen LogP contribution in [0.5, 0.6) is 0 Å². The number of carbonyl (C=O) groups is 1. The van der Waals surface area contributed by atoms with Gasteiger partial charge in [0.15, 0.2) is 0 Å². The van der Waals surface area contributed by atoms with Gasteiger partial charge in [0, 0.05) is 0 Å². The Labute approximate surface area is 143 Å². The molecule has 3 atom stereocenters. The van der Waals surface area contributed by atoms with Gasteiger partial charge in [0.2, 0.25) is 0 Å². The number of rotatable bonds is 5.